The first-order valence-corrected chi connectivity index (χ1v) is 19.9. The van der Waals surface area contributed by atoms with Crippen LogP contribution >= 0.6 is 0 Å². The molecule has 0 aliphatic heterocycles. The van der Waals surface area contributed by atoms with Gasteiger partial charge in [-0.1, -0.05) is 71.9 Å². The van der Waals surface area contributed by atoms with Crippen molar-refractivity contribution in [2.24, 2.45) is 51.2 Å². The van der Waals surface area contributed by atoms with E-state index in [2.05, 4.69) is 66.4 Å². The van der Waals surface area contributed by atoms with Gasteiger partial charge in [0.25, 0.3) is 0 Å². The molecule has 1 aromatic rings. The standard InChI is InChI=1S/C44H66N2O4/c1-10-26-46(27-11-28-50-9)39(49)45-44-23-18-32(29(2)3)37(44)34-16-17-36-41(6)21-19-33(30-12-14-31(15-13-30)38(47)48)40(4,5)35(41)20-22-43(36,8)42(34,7)24-25-44/h12-15,19,32,34-37H,2,10-11,16-18,20-28H2,1,3-9H3,(H,45,49)(H,47,48)/t32-,34+,35-,36+,37+,41-,42+,43+,44?/m0/s1. The van der Waals surface area contributed by atoms with Crippen LogP contribution in [0.1, 0.15) is 135 Å². The summed E-state index contributed by atoms with van der Waals surface area (Å²) >= 11 is 0. The average molecular weight is 687 g/mol. The minimum absolute atomic E-state index is 0.00700. The number of benzene rings is 1. The maximum absolute atomic E-state index is 14.1. The Labute approximate surface area is 302 Å². The molecule has 0 heterocycles. The third kappa shape index (κ3) is 5.69. The number of urea groups is 1. The van der Waals surface area contributed by atoms with E-state index in [1.807, 2.05) is 17.0 Å². The number of hydrogen-bond acceptors (Lipinski definition) is 3. The van der Waals surface area contributed by atoms with E-state index in [0.717, 1.165) is 51.6 Å². The zero-order chi connectivity index (χ0) is 36.3. The lowest BCUT2D eigenvalue weighted by atomic mass is 9.33. The van der Waals surface area contributed by atoms with Crippen LogP contribution in [0.2, 0.25) is 0 Å². The van der Waals surface area contributed by atoms with Crippen molar-refractivity contribution in [1.82, 2.24) is 10.2 Å². The lowest BCUT2D eigenvalue weighted by molar-refractivity contribution is -0.218. The zero-order valence-electron chi connectivity index (χ0n) is 32.5. The molecule has 9 atom stereocenters. The first-order valence-electron chi connectivity index (χ1n) is 19.9. The van der Waals surface area contributed by atoms with Gasteiger partial charge in [0, 0.05) is 32.3 Å². The van der Waals surface area contributed by atoms with E-state index in [9.17, 15) is 14.7 Å². The topological polar surface area (TPSA) is 78.9 Å². The van der Waals surface area contributed by atoms with Gasteiger partial charge < -0.3 is 20.1 Å². The largest absolute Gasteiger partial charge is 0.478 e. The molecule has 1 aromatic carbocycles. The van der Waals surface area contributed by atoms with E-state index in [1.54, 1.807) is 19.2 Å². The number of ether oxygens (including phenoxy) is 1. The molecule has 4 fully saturated rings. The van der Waals surface area contributed by atoms with Crippen LogP contribution in [0.3, 0.4) is 0 Å². The summed E-state index contributed by atoms with van der Waals surface area (Å²) < 4.78 is 5.33. The fourth-order valence-corrected chi connectivity index (χ4v) is 13.5. The van der Waals surface area contributed by atoms with Crippen molar-refractivity contribution >= 4 is 17.6 Å². The number of carbonyl (C=O) groups is 2. The molecule has 6 rings (SSSR count). The summed E-state index contributed by atoms with van der Waals surface area (Å²) in [6.45, 7) is 24.0. The molecule has 4 saturated carbocycles. The second kappa shape index (κ2) is 13.4. The Morgan fingerprint density at radius 1 is 0.940 bits per heavy atom. The van der Waals surface area contributed by atoms with Crippen LogP contribution in [0.4, 0.5) is 4.79 Å². The van der Waals surface area contributed by atoms with Gasteiger partial charge in [0.05, 0.1) is 5.56 Å². The highest BCUT2D eigenvalue weighted by molar-refractivity contribution is 5.88. The van der Waals surface area contributed by atoms with Crippen molar-refractivity contribution in [2.75, 3.05) is 26.8 Å². The van der Waals surface area contributed by atoms with Gasteiger partial charge in [-0.05, 0) is 152 Å². The smallest absolute Gasteiger partial charge is 0.335 e. The number of hydrogen-bond donors (Lipinski definition) is 2. The van der Waals surface area contributed by atoms with Crippen LogP contribution in [0.15, 0.2) is 42.5 Å². The predicted octanol–water partition coefficient (Wildman–Crippen LogP) is 10.2. The van der Waals surface area contributed by atoms with Crippen molar-refractivity contribution in [3.8, 4) is 0 Å². The van der Waals surface area contributed by atoms with E-state index in [1.165, 1.54) is 48.8 Å². The van der Waals surface area contributed by atoms with E-state index >= 15 is 0 Å². The molecule has 1 unspecified atom stereocenters. The maximum atomic E-state index is 14.1. The molecule has 2 N–H and O–H groups in total. The van der Waals surface area contributed by atoms with Crippen LogP contribution in [0.25, 0.3) is 5.57 Å². The van der Waals surface area contributed by atoms with Crippen molar-refractivity contribution in [2.45, 2.75) is 125 Å². The predicted molar refractivity (Wildman–Crippen MR) is 203 cm³/mol. The second-order valence-electron chi connectivity index (χ2n) is 18.5. The fraction of sp³-hybridized carbons (Fsp3) is 0.727. The van der Waals surface area contributed by atoms with E-state index in [0.29, 0.717) is 41.8 Å². The molecule has 0 bridgehead atoms. The van der Waals surface area contributed by atoms with Gasteiger partial charge in [0.1, 0.15) is 0 Å². The third-order valence-electron chi connectivity index (χ3n) is 16.0. The molecular formula is C44H66N2O4. The number of nitrogens with one attached hydrogen (secondary N) is 1. The van der Waals surface area contributed by atoms with Crippen LogP contribution < -0.4 is 5.32 Å². The second-order valence-corrected chi connectivity index (χ2v) is 18.5. The van der Waals surface area contributed by atoms with E-state index < -0.39 is 5.97 Å². The van der Waals surface area contributed by atoms with E-state index in [4.69, 9.17) is 4.74 Å². The monoisotopic (exact) mass is 687 g/mol. The number of amides is 2. The highest BCUT2D eigenvalue weighted by atomic mass is 16.5. The van der Waals surface area contributed by atoms with Crippen LogP contribution in [0.5, 0.6) is 0 Å². The molecule has 0 spiro atoms. The van der Waals surface area contributed by atoms with Gasteiger partial charge in [-0.3, -0.25) is 0 Å². The normalized spacial score (nSPS) is 38.5. The summed E-state index contributed by atoms with van der Waals surface area (Å²) in [7, 11) is 1.73. The number of nitrogens with zero attached hydrogens (tertiary/aromatic N) is 1. The molecular weight excluding hydrogens is 620 g/mol. The molecule has 5 aliphatic carbocycles. The molecule has 6 heteroatoms. The summed E-state index contributed by atoms with van der Waals surface area (Å²) in [5, 5.41) is 13.3. The molecule has 276 valence electrons. The Hall–Kier alpha value is -2.60. The minimum atomic E-state index is -0.873. The number of carbonyl (C=O) groups excluding carboxylic acids is 1. The first-order chi connectivity index (χ1) is 23.6. The number of carboxylic acids is 1. The number of methoxy groups -OCH3 is 1. The highest BCUT2D eigenvalue weighted by Crippen LogP contribution is 2.76. The average Bonchev–Trinajstić information content (AvgIpc) is 3.44. The van der Waals surface area contributed by atoms with Crippen LogP contribution in [0, 0.1) is 51.2 Å². The SMILES string of the molecule is C=C(C)[C@@H]1CCC2(NC(=O)N(CCC)CCCOC)CC[C@]3(C)[C@H](CC[C@@H]4[C@@]5(C)CC=C(c6ccc(C(=O)O)cc6)C(C)(C)[C@@H]5CC[C@]43C)[C@@H]12. The van der Waals surface area contributed by atoms with Crippen LogP contribution in [-0.4, -0.2) is 54.4 Å². The number of aromatic carboxylic acids is 1. The summed E-state index contributed by atoms with van der Waals surface area (Å²) in [5.74, 6) is 1.76. The van der Waals surface area contributed by atoms with Gasteiger partial charge in [-0.2, -0.15) is 0 Å². The van der Waals surface area contributed by atoms with Crippen molar-refractivity contribution in [3.05, 3.63) is 53.6 Å². The summed E-state index contributed by atoms with van der Waals surface area (Å²) in [6.07, 6.45) is 14.8. The molecule has 0 radical (unpaired) electrons. The quantitative estimate of drug-likeness (QED) is 0.190. The molecule has 5 aliphatic rings. The minimum Gasteiger partial charge on any atom is -0.478 e. The fourth-order valence-electron chi connectivity index (χ4n) is 13.5. The first kappa shape index (κ1) is 37.2. The zero-order valence-corrected chi connectivity index (χ0v) is 32.5. The number of fused-ring (bicyclic) bond motifs is 7. The Balaban J connectivity index is 1.30. The van der Waals surface area contributed by atoms with Gasteiger partial charge >= 0.3 is 12.0 Å². The number of carboxylic acid groups (broad SMARTS) is 1. The van der Waals surface area contributed by atoms with Crippen molar-refractivity contribution < 1.29 is 19.4 Å². The number of rotatable bonds is 10. The molecule has 0 aromatic heterocycles. The lowest BCUT2D eigenvalue weighted by Gasteiger charge is -2.72. The van der Waals surface area contributed by atoms with Crippen molar-refractivity contribution in [1.29, 1.82) is 0 Å². The molecule has 0 saturated heterocycles. The van der Waals surface area contributed by atoms with Gasteiger partial charge in [-0.15, -0.1) is 0 Å². The van der Waals surface area contributed by atoms with Gasteiger partial charge in [-0.25, -0.2) is 9.59 Å². The van der Waals surface area contributed by atoms with Crippen molar-refractivity contribution in [3.63, 3.8) is 0 Å². The Kier molecular flexibility index (Phi) is 9.98. The summed E-state index contributed by atoms with van der Waals surface area (Å²) in [5.41, 5.74) is 4.64. The lowest BCUT2D eigenvalue weighted by Crippen LogP contribution is -2.68. The van der Waals surface area contributed by atoms with Crippen LogP contribution in [-0.2, 0) is 4.74 Å². The Morgan fingerprint density at radius 3 is 2.30 bits per heavy atom. The number of allylic oxidation sites excluding steroid dienone is 3. The molecule has 50 heavy (non-hydrogen) atoms. The summed E-state index contributed by atoms with van der Waals surface area (Å²) in [6, 6.07) is 7.69. The van der Waals surface area contributed by atoms with E-state index in [-0.39, 0.29) is 33.2 Å². The molecule has 6 nitrogen and oxygen atoms in total. The molecule has 2 amide bonds. The summed E-state index contributed by atoms with van der Waals surface area (Å²) in [4.78, 5) is 27.7. The van der Waals surface area contributed by atoms with Gasteiger partial charge in [0.2, 0.25) is 0 Å². The Bertz CT molecular complexity index is 1500. The highest BCUT2D eigenvalue weighted by Gasteiger charge is 2.70. The maximum Gasteiger partial charge on any atom is 0.335 e. The van der Waals surface area contributed by atoms with Gasteiger partial charge in [0.15, 0.2) is 0 Å². The Morgan fingerprint density at radius 2 is 1.66 bits per heavy atom. The third-order valence-corrected chi connectivity index (χ3v) is 16.0.